The highest BCUT2D eigenvalue weighted by atomic mass is 35.5. The molecule has 0 N–H and O–H groups in total. The van der Waals surface area contributed by atoms with E-state index in [1.165, 1.54) is 11.1 Å². The van der Waals surface area contributed by atoms with Crippen molar-refractivity contribution < 1.29 is 4.74 Å². The van der Waals surface area contributed by atoms with Crippen molar-refractivity contribution >= 4 is 22.9 Å². The summed E-state index contributed by atoms with van der Waals surface area (Å²) < 4.78 is 5.69. The lowest BCUT2D eigenvalue weighted by Crippen LogP contribution is -2.05. The van der Waals surface area contributed by atoms with Gasteiger partial charge in [-0.05, 0) is 46.5 Å². The van der Waals surface area contributed by atoms with Crippen LogP contribution in [0, 0.1) is 0 Å². The molecule has 1 aromatic heterocycles. The Morgan fingerprint density at radius 3 is 3.00 bits per heavy atom. The Bertz CT molecular complexity index is 521. The van der Waals surface area contributed by atoms with Crippen LogP contribution in [-0.4, -0.2) is 6.10 Å². The Morgan fingerprint density at radius 1 is 1.35 bits per heavy atom. The van der Waals surface area contributed by atoms with Crippen molar-refractivity contribution in [2.24, 2.45) is 0 Å². The Morgan fingerprint density at radius 2 is 2.24 bits per heavy atom. The van der Waals surface area contributed by atoms with Gasteiger partial charge in [-0.3, -0.25) is 0 Å². The number of hydrogen-bond acceptors (Lipinski definition) is 2. The summed E-state index contributed by atoms with van der Waals surface area (Å²) in [5, 5.41) is 4.11. The van der Waals surface area contributed by atoms with E-state index >= 15 is 0 Å². The van der Waals surface area contributed by atoms with Gasteiger partial charge in [0.15, 0.2) is 0 Å². The quantitative estimate of drug-likeness (QED) is 0.731. The van der Waals surface area contributed by atoms with E-state index in [9.17, 15) is 0 Å². The fraction of sp³-hybridized carbons (Fsp3) is 0.286. The number of ether oxygens (including phenoxy) is 1. The van der Waals surface area contributed by atoms with Gasteiger partial charge in [0, 0.05) is 6.42 Å². The third-order valence-electron chi connectivity index (χ3n) is 3.05. The number of alkyl halides is 1. The zero-order valence-corrected chi connectivity index (χ0v) is 11.1. The molecule has 17 heavy (non-hydrogen) atoms. The first kappa shape index (κ1) is 11.1. The molecule has 3 heteroatoms. The van der Waals surface area contributed by atoms with Crippen LogP contribution in [0.2, 0.25) is 0 Å². The van der Waals surface area contributed by atoms with Crippen molar-refractivity contribution in [3.8, 4) is 5.75 Å². The number of fused-ring (bicyclic) bond motifs is 1. The van der Waals surface area contributed by atoms with E-state index in [2.05, 4.69) is 35.9 Å². The van der Waals surface area contributed by atoms with Crippen molar-refractivity contribution in [2.75, 3.05) is 0 Å². The molecule has 2 unspecified atom stereocenters. The Kier molecular flexibility index (Phi) is 2.85. The molecule has 88 valence electrons. The van der Waals surface area contributed by atoms with Crippen LogP contribution in [0.3, 0.4) is 0 Å². The van der Waals surface area contributed by atoms with Gasteiger partial charge in [0.25, 0.3) is 0 Å². The van der Waals surface area contributed by atoms with Crippen LogP contribution in [-0.2, 0) is 6.42 Å². The second-order valence-corrected chi connectivity index (χ2v) is 5.64. The van der Waals surface area contributed by atoms with Crippen LogP contribution < -0.4 is 4.74 Å². The molecule has 2 atom stereocenters. The van der Waals surface area contributed by atoms with Crippen molar-refractivity contribution in [2.45, 2.75) is 24.8 Å². The molecule has 1 nitrogen and oxygen atoms in total. The van der Waals surface area contributed by atoms with Gasteiger partial charge in [0.2, 0.25) is 0 Å². The lowest BCUT2D eigenvalue weighted by Gasteiger charge is -2.09. The first-order valence-corrected chi connectivity index (χ1v) is 7.07. The highest BCUT2D eigenvalue weighted by molar-refractivity contribution is 7.08. The third kappa shape index (κ3) is 2.07. The molecule has 0 saturated heterocycles. The minimum absolute atomic E-state index is 0.0533. The summed E-state index contributed by atoms with van der Waals surface area (Å²) in [4.78, 5) is 0. The van der Waals surface area contributed by atoms with Crippen LogP contribution >= 0.6 is 22.9 Å². The molecule has 2 aromatic rings. The summed E-state index contributed by atoms with van der Waals surface area (Å²) in [5.41, 5.74) is 3.60. The van der Waals surface area contributed by atoms with Crippen molar-refractivity contribution in [1.29, 1.82) is 0 Å². The first-order chi connectivity index (χ1) is 8.24. The largest absolute Gasteiger partial charge is 0.490 e. The Labute approximate surface area is 110 Å². The lowest BCUT2D eigenvalue weighted by molar-refractivity contribution is 0.254. The first-order valence-electron chi connectivity index (χ1n) is 5.69. The smallest absolute Gasteiger partial charge is 0.123 e. The lowest BCUT2D eigenvalue weighted by atomic mass is 10.0. The predicted octanol–water partition coefficient (Wildman–Crippen LogP) is 4.40. The van der Waals surface area contributed by atoms with Crippen molar-refractivity contribution in [3.05, 3.63) is 51.7 Å². The molecular formula is C14H13ClOS. The molecule has 0 bridgehead atoms. The van der Waals surface area contributed by atoms with Gasteiger partial charge in [0.1, 0.15) is 11.9 Å². The Balaban J connectivity index is 1.93. The summed E-state index contributed by atoms with van der Waals surface area (Å²) in [6, 6.07) is 8.35. The average Bonchev–Trinajstić information content (AvgIpc) is 2.94. The predicted molar refractivity (Wildman–Crippen MR) is 72.3 cm³/mol. The summed E-state index contributed by atoms with van der Waals surface area (Å²) >= 11 is 8.16. The second kappa shape index (κ2) is 4.35. The molecule has 0 saturated carbocycles. The van der Waals surface area contributed by atoms with E-state index in [-0.39, 0.29) is 11.5 Å². The normalized spacial score (nSPS) is 19.8. The molecule has 2 heterocycles. The van der Waals surface area contributed by atoms with E-state index in [0.717, 1.165) is 17.7 Å². The number of halogens is 1. The minimum Gasteiger partial charge on any atom is -0.490 e. The van der Waals surface area contributed by atoms with Gasteiger partial charge in [-0.25, -0.2) is 0 Å². The average molecular weight is 265 g/mol. The van der Waals surface area contributed by atoms with Crippen LogP contribution in [0.4, 0.5) is 0 Å². The summed E-state index contributed by atoms with van der Waals surface area (Å²) in [7, 11) is 0. The molecule has 0 radical (unpaired) electrons. The standard InChI is InChI=1S/C14H13ClOS/c1-9-6-12-7-10(2-3-13(12)16-9)14(15)11-4-5-17-8-11/h2-5,7-9,14H,6H2,1H3. The van der Waals surface area contributed by atoms with Crippen molar-refractivity contribution in [1.82, 2.24) is 0 Å². The summed E-state index contributed by atoms with van der Waals surface area (Å²) in [6.45, 7) is 2.09. The van der Waals surface area contributed by atoms with Crippen LogP contribution in [0.25, 0.3) is 0 Å². The molecule has 1 aliphatic heterocycles. The maximum Gasteiger partial charge on any atom is 0.123 e. The number of benzene rings is 1. The minimum atomic E-state index is -0.0533. The van der Waals surface area contributed by atoms with E-state index < -0.39 is 0 Å². The zero-order valence-electron chi connectivity index (χ0n) is 9.52. The molecule has 1 aliphatic rings. The molecule has 0 spiro atoms. The van der Waals surface area contributed by atoms with Crippen LogP contribution in [0.1, 0.15) is 29.0 Å². The topological polar surface area (TPSA) is 9.23 Å². The van der Waals surface area contributed by atoms with Gasteiger partial charge in [-0.1, -0.05) is 12.1 Å². The van der Waals surface area contributed by atoms with E-state index in [0.29, 0.717) is 0 Å². The summed E-state index contributed by atoms with van der Waals surface area (Å²) in [5.74, 6) is 1.01. The molecular weight excluding hydrogens is 252 g/mol. The number of rotatable bonds is 2. The zero-order chi connectivity index (χ0) is 11.8. The fourth-order valence-electron chi connectivity index (χ4n) is 2.21. The van der Waals surface area contributed by atoms with Gasteiger partial charge in [-0.15, -0.1) is 11.6 Å². The molecule has 0 fully saturated rings. The molecule has 1 aromatic carbocycles. The molecule has 3 rings (SSSR count). The van der Waals surface area contributed by atoms with E-state index in [4.69, 9.17) is 16.3 Å². The Hall–Kier alpha value is -0.990. The van der Waals surface area contributed by atoms with Gasteiger partial charge in [0.05, 0.1) is 5.38 Å². The van der Waals surface area contributed by atoms with Crippen LogP contribution in [0.5, 0.6) is 5.75 Å². The van der Waals surface area contributed by atoms with Gasteiger partial charge in [-0.2, -0.15) is 11.3 Å². The monoisotopic (exact) mass is 264 g/mol. The molecule has 0 aliphatic carbocycles. The third-order valence-corrected chi connectivity index (χ3v) is 4.25. The van der Waals surface area contributed by atoms with Crippen LogP contribution in [0.15, 0.2) is 35.0 Å². The fourth-order valence-corrected chi connectivity index (χ4v) is 3.24. The summed E-state index contributed by atoms with van der Waals surface area (Å²) in [6.07, 6.45) is 1.27. The highest BCUT2D eigenvalue weighted by Gasteiger charge is 2.21. The number of thiophene rings is 1. The molecule has 0 amide bonds. The van der Waals surface area contributed by atoms with Gasteiger partial charge >= 0.3 is 0 Å². The van der Waals surface area contributed by atoms with Gasteiger partial charge < -0.3 is 4.74 Å². The highest BCUT2D eigenvalue weighted by Crippen LogP contribution is 2.35. The second-order valence-electron chi connectivity index (χ2n) is 4.42. The maximum atomic E-state index is 6.48. The number of hydrogen-bond donors (Lipinski definition) is 0. The van der Waals surface area contributed by atoms with Crippen molar-refractivity contribution in [3.63, 3.8) is 0 Å². The van der Waals surface area contributed by atoms with E-state index in [1.807, 2.05) is 6.07 Å². The SMILES string of the molecule is CC1Cc2cc(C(Cl)c3ccsc3)ccc2O1. The van der Waals surface area contributed by atoms with E-state index in [1.54, 1.807) is 11.3 Å². The maximum absolute atomic E-state index is 6.48.